The molecule has 0 radical (unpaired) electrons. The highest BCUT2D eigenvalue weighted by Gasteiger charge is 2.26. The zero-order valence-corrected chi connectivity index (χ0v) is 19.9. The first kappa shape index (κ1) is 23.8. The molecule has 3 aromatic rings. The SMILES string of the molecule is CCOc1ccc(S(=O)(=O)Nc2cccc(C(=O)NC[C@H](c3ccco3)N3CCCC3)c2)cc1. The molecule has 180 valence electrons. The van der Waals surface area contributed by atoms with E-state index in [1.807, 2.05) is 19.1 Å². The zero-order chi connectivity index (χ0) is 24.0. The van der Waals surface area contributed by atoms with Gasteiger partial charge in [-0.05, 0) is 87.5 Å². The molecular formula is C25H29N3O5S. The Bertz CT molecular complexity index is 1190. The topological polar surface area (TPSA) is 101 Å². The Morgan fingerprint density at radius 1 is 1.09 bits per heavy atom. The number of carbonyl (C=O) groups is 1. The molecule has 4 rings (SSSR count). The van der Waals surface area contributed by atoms with Gasteiger partial charge in [-0.25, -0.2) is 8.42 Å². The van der Waals surface area contributed by atoms with Gasteiger partial charge in [-0.15, -0.1) is 0 Å². The van der Waals surface area contributed by atoms with E-state index in [1.54, 1.807) is 36.6 Å². The number of likely N-dealkylation sites (tertiary alicyclic amines) is 1. The van der Waals surface area contributed by atoms with Gasteiger partial charge in [0.15, 0.2) is 0 Å². The second-order valence-electron chi connectivity index (χ2n) is 8.08. The van der Waals surface area contributed by atoms with Crippen molar-refractivity contribution in [2.75, 3.05) is 31.0 Å². The number of nitrogens with zero attached hydrogens (tertiary/aromatic N) is 1. The fourth-order valence-corrected chi connectivity index (χ4v) is 5.10. The Labute approximate surface area is 200 Å². The molecule has 0 spiro atoms. The average Bonchev–Trinajstić information content (AvgIpc) is 3.55. The standard InChI is InChI=1S/C25H29N3O5S/c1-2-32-21-10-12-22(13-11-21)34(30,31)27-20-8-5-7-19(17-20)25(29)26-18-23(24-9-6-16-33-24)28-14-3-4-15-28/h5-13,16-17,23,27H,2-4,14-15,18H2,1H3,(H,26,29)/t23-/m1/s1. The van der Waals surface area contributed by atoms with E-state index in [-0.39, 0.29) is 16.8 Å². The third-order valence-electron chi connectivity index (χ3n) is 5.73. The molecule has 1 amide bonds. The number of amides is 1. The van der Waals surface area contributed by atoms with Crippen LogP contribution >= 0.6 is 0 Å². The minimum absolute atomic E-state index is 0.0391. The Hall–Kier alpha value is -3.30. The number of furan rings is 1. The number of carbonyl (C=O) groups excluding carboxylic acids is 1. The van der Waals surface area contributed by atoms with Crippen molar-refractivity contribution in [3.63, 3.8) is 0 Å². The Morgan fingerprint density at radius 3 is 2.53 bits per heavy atom. The predicted molar refractivity (Wildman–Crippen MR) is 129 cm³/mol. The minimum Gasteiger partial charge on any atom is -0.494 e. The van der Waals surface area contributed by atoms with Crippen molar-refractivity contribution >= 4 is 21.6 Å². The monoisotopic (exact) mass is 483 g/mol. The molecule has 1 fully saturated rings. The first-order chi connectivity index (χ1) is 16.5. The van der Waals surface area contributed by atoms with Gasteiger partial charge in [0.2, 0.25) is 0 Å². The van der Waals surface area contributed by atoms with Crippen LogP contribution in [0.25, 0.3) is 0 Å². The molecule has 0 unspecified atom stereocenters. The molecule has 1 aliphatic heterocycles. The summed E-state index contributed by atoms with van der Waals surface area (Å²) in [7, 11) is -3.81. The molecule has 1 atom stereocenters. The lowest BCUT2D eigenvalue weighted by atomic mass is 10.1. The Kier molecular flexibility index (Phi) is 7.54. The van der Waals surface area contributed by atoms with Crippen LogP contribution in [0.3, 0.4) is 0 Å². The van der Waals surface area contributed by atoms with Crippen LogP contribution in [-0.2, 0) is 10.0 Å². The van der Waals surface area contributed by atoms with Gasteiger partial charge in [0.25, 0.3) is 15.9 Å². The van der Waals surface area contributed by atoms with E-state index in [1.165, 1.54) is 18.2 Å². The largest absolute Gasteiger partial charge is 0.494 e. The van der Waals surface area contributed by atoms with Gasteiger partial charge in [-0.1, -0.05) is 6.07 Å². The first-order valence-electron chi connectivity index (χ1n) is 11.4. The number of nitrogens with one attached hydrogen (secondary N) is 2. The Balaban J connectivity index is 1.42. The van der Waals surface area contributed by atoms with Crippen molar-refractivity contribution in [2.45, 2.75) is 30.7 Å². The molecule has 34 heavy (non-hydrogen) atoms. The highest BCUT2D eigenvalue weighted by atomic mass is 32.2. The molecule has 0 saturated carbocycles. The van der Waals surface area contributed by atoms with Crippen molar-refractivity contribution in [3.05, 3.63) is 78.3 Å². The molecule has 1 aliphatic rings. The van der Waals surface area contributed by atoms with E-state index < -0.39 is 10.0 Å². The van der Waals surface area contributed by atoms with Crippen LogP contribution in [0.1, 0.15) is 41.9 Å². The van der Waals surface area contributed by atoms with Crippen LogP contribution in [-0.4, -0.2) is 45.5 Å². The van der Waals surface area contributed by atoms with Crippen molar-refractivity contribution in [2.24, 2.45) is 0 Å². The summed E-state index contributed by atoms with van der Waals surface area (Å²) in [6, 6.07) is 16.4. The normalized spacial score (nSPS) is 15.1. The van der Waals surface area contributed by atoms with Gasteiger partial charge < -0.3 is 14.5 Å². The van der Waals surface area contributed by atoms with E-state index in [4.69, 9.17) is 9.15 Å². The lowest BCUT2D eigenvalue weighted by Crippen LogP contribution is -2.36. The molecular weight excluding hydrogens is 454 g/mol. The third-order valence-corrected chi connectivity index (χ3v) is 7.13. The van der Waals surface area contributed by atoms with E-state index in [2.05, 4.69) is 14.9 Å². The number of hydrogen-bond donors (Lipinski definition) is 2. The number of anilines is 1. The second kappa shape index (κ2) is 10.8. The molecule has 0 aliphatic carbocycles. The lowest BCUT2D eigenvalue weighted by Gasteiger charge is -2.26. The predicted octanol–water partition coefficient (Wildman–Crippen LogP) is 4.05. The quantitative estimate of drug-likeness (QED) is 0.451. The number of hydrogen-bond acceptors (Lipinski definition) is 6. The van der Waals surface area contributed by atoms with E-state index >= 15 is 0 Å². The van der Waals surface area contributed by atoms with E-state index in [0.717, 1.165) is 31.7 Å². The van der Waals surface area contributed by atoms with Gasteiger partial charge in [-0.3, -0.25) is 14.4 Å². The molecule has 8 nitrogen and oxygen atoms in total. The lowest BCUT2D eigenvalue weighted by molar-refractivity contribution is 0.0933. The van der Waals surface area contributed by atoms with E-state index in [0.29, 0.717) is 30.2 Å². The Morgan fingerprint density at radius 2 is 1.85 bits per heavy atom. The maximum atomic E-state index is 12.9. The van der Waals surface area contributed by atoms with E-state index in [9.17, 15) is 13.2 Å². The second-order valence-corrected chi connectivity index (χ2v) is 9.76. The highest BCUT2D eigenvalue weighted by Crippen LogP contribution is 2.25. The van der Waals surface area contributed by atoms with Crippen molar-refractivity contribution in [1.82, 2.24) is 10.2 Å². The summed E-state index contributed by atoms with van der Waals surface area (Å²) in [6.07, 6.45) is 3.89. The van der Waals surface area contributed by atoms with Gasteiger partial charge in [-0.2, -0.15) is 0 Å². The van der Waals surface area contributed by atoms with Crippen molar-refractivity contribution < 1.29 is 22.4 Å². The molecule has 2 heterocycles. The van der Waals surface area contributed by atoms with Crippen LogP contribution in [0, 0.1) is 0 Å². The molecule has 9 heteroatoms. The summed E-state index contributed by atoms with van der Waals surface area (Å²) in [5.41, 5.74) is 0.676. The third kappa shape index (κ3) is 5.78. The summed E-state index contributed by atoms with van der Waals surface area (Å²) < 4.78 is 39.1. The van der Waals surface area contributed by atoms with Crippen LogP contribution in [0.4, 0.5) is 5.69 Å². The molecule has 1 saturated heterocycles. The number of sulfonamides is 1. The average molecular weight is 484 g/mol. The summed E-state index contributed by atoms with van der Waals surface area (Å²) in [5.74, 6) is 1.14. The molecule has 0 bridgehead atoms. The fourth-order valence-electron chi connectivity index (χ4n) is 4.05. The summed E-state index contributed by atoms with van der Waals surface area (Å²) >= 11 is 0. The van der Waals surface area contributed by atoms with Crippen LogP contribution < -0.4 is 14.8 Å². The number of rotatable bonds is 10. The van der Waals surface area contributed by atoms with Gasteiger partial charge >= 0.3 is 0 Å². The summed E-state index contributed by atoms with van der Waals surface area (Å²) in [6.45, 7) is 4.68. The maximum absolute atomic E-state index is 12.9. The smallest absolute Gasteiger partial charge is 0.261 e. The van der Waals surface area contributed by atoms with Crippen molar-refractivity contribution in [1.29, 1.82) is 0 Å². The maximum Gasteiger partial charge on any atom is 0.261 e. The molecule has 1 aromatic heterocycles. The van der Waals surface area contributed by atoms with Crippen LogP contribution in [0.5, 0.6) is 5.75 Å². The van der Waals surface area contributed by atoms with Gasteiger partial charge in [0.1, 0.15) is 11.5 Å². The van der Waals surface area contributed by atoms with Crippen LogP contribution in [0.2, 0.25) is 0 Å². The fraction of sp³-hybridized carbons (Fsp3) is 0.320. The summed E-state index contributed by atoms with van der Waals surface area (Å²) in [4.78, 5) is 15.3. The first-order valence-corrected chi connectivity index (χ1v) is 12.9. The molecule has 2 aromatic carbocycles. The van der Waals surface area contributed by atoms with Gasteiger partial charge in [0.05, 0.1) is 23.8 Å². The minimum atomic E-state index is -3.81. The highest BCUT2D eigenvalue weighted by molar-refractivity contribution is 7.92. The zero-order valence-electron chi connectivity index (χ0n) is 19.1. The number of ether oxygens (including phenoxy) is 1. The molecule has 2 N–H and O–H groups in total. The van der Waals surface area contributed by atoms with Gasteiger partial charge in [0, 0.05) is 17.8 Å². The van der Waals surface area contributed by atoms with Crippen LogP contribution in [0.15, 0.2) is 76.2 Å². The summed E-state index contributed by atoms with van der Waals surface area (Å²) in [5, 5.41) is 2.97. The van der Waals surface area contributed by atoms with Crippen molar-refractivity contribution in [3.8, 4) is 5.75 Å². The number of benzene rings is 2.